The van der Waals surface area contributed by atoms with E-state index in [1.54, 1.807) is 0 Å². The van der Waals surface area contributed by atoms with E-state index in [4.69, 9.17) is 20.9 Å². The number of nitrogens with one attached hydrogen (secondary N) is 1. The number of carbonyl (C=O) groups excluding carboxylic acids is 3. The average Bonchev–Trinajstić information content (AvgIpc) is 3.00. The summed E-state index contributed by atoms with van der Waals surface area (Å²) >= 11 is 1.44. The molecule has 8 nitrogen and oxygen atoms in total. The Bertz CT molecular complexity index is 668. The molecular weight excluding hydrogens is 562 g/mol. The van der Waals surface area contributed by atoms with Crippen molar-refractivity contribution in [1.82, 2.24) is 5.32 Å². The average molecular weight is 630 g/mol. The van der Waals surface area contributed by atoms with Crippen LogP contribution >= 0.6 is 11.8 Å². The Morgan fingerprint density at radius 2 is 1.14 bits per heavy atom. The zero-order chi connectivity index (χ0) is 31.8. The number of hydrogen-bond acceptors (Lipinski definition) is 8. The van der Waals surface area contributed by atoms with Gasteiger partial charge in [0.15, 0.2) is 0 Å². The number of esters is 2. The molecule has 0 aromatic heterocycles. The summed E-state index contributed by atoms with van der Waals surface area (Å²) in [6.07, 6.45) is 23.2. The van der Waals surface area contributed by atoms with Crippen LogP contribution in [0.3, 0.4) is 0 Å². The number of rotatable bonds is 32. The molecule has 254 valence electrons. The van der Waals surface area contributed by atoms with Crippen LogP contribution < -0.4 is 16.8 Å². The summed E-state index contributed by atoms with van der Waals surface area (Å²) in [7, 11) is 0. The Hall–Kier alpha value is -1.32. The third kappa shape index (κ3) is 29.2. The minimum Gasteiger partial charge on any atom is -0.462 e. The quantitative estimate of drug-likeness (QED) is 0.0525. The van der Waals surface area contributed by atoms with Gasteiger partial charge < -0.3 is 26.3 Å². The van der Waals surface area contributed by atoms with Gasteiger partial charge in [-0.25, -0.2) is 0 Å². The molecule has 0 spiro atoms. The van der Waals surface area contributed by atoms with Gasteiger partial charge in [-0.2, -0.15) is 11.8 Å². The Balaban J connectivity index is 4.42. The molecule has 43 heavy (non-hydrogen) atoms. The minimum atomic E-state index is -0.657. The van der Waals surface area contributed by atoms with E-state index >= 15 is 0 Å². The third-order valence-electron chi connectivity index (χ3n) is 7.57. The first-order valence-corrected chi connectivity index (χ1v) is 18.8. The molecule has 0 saturated heterocycles. The second kappa shape index (κ2) is 32.1. The van der Waals surface area contributed by atoms with Gasteiger partial charge >= 0.3 is 11.9 Å². The molecule has 0 aromatic rings. The van der Waals surface area contributed by atoms with Gasteiger partial charge in [0.2, 0.25) is 5.91 Å². The zero-order valence-corrected chi connectivity index (χ0v) is 28.7. The largest absolute Gasteiger partial charge is 0.462 e. The van der Waals surface area contributed by atoms with Crippen LogP contribution in [0, 0.1) is 0 Å². The smallest absolute Gasteiger partial charge is 0.306 e. The molecule has 2 atom stereocenters. The fourth-order valence-electron chi connectivity index (χ4n) is 4.79. The van der Waals surface area contributed by atoms with E-state index in [1.807, 2.05) is 0 Å². The lowest BCUT2D eigenvalue weighted by atomic mass is 10.1. The maximum absolute atomic E-state index is 12.6. The SMILES string of the molecule is CCCCCCCCCCCC(=O)OC[C@H](CSC[C@H](N)C(=O)NCCCCN)OC(=O)CCCCCCCCCCC. The Morgan fingerprint density at radius 1 is 0.651 bits per heavy atom. The van der Waals surface area contributed by atoms with E-state index in [1.165, 1.54) is 88.8 Å². The second-order valence-corrected chi connectivity index (χ2v) is 13.0. The number of thioether (sulfide) groups is 1. The summed E-state index contributed by atoms with van der Waals surface area (Å²) < 4.78 is 11.2. The Morgan fingerprint density at radius 3 is 1.65 bits per heavy atom. The zero-order valence-electron chi connectivity index (χ0n) is 27.9. The monoisotopic (exact) mass is 629 g/mol. The van der Waals surface area contributed by atoms with Crippen molar-refractivity contribution in [3.8, 4) is 0 Å². The fraction of sp³-hybridized carbons (Fsp3) is 0.912. The number of carbonyl (C=O) groups is 3. The van der Waals surface area contributed by atoms with Gasteiger partial charge in [0, 0.05) is 30.9 Å². The van der Waals surface area contributed by atoms with Gasteiger partial charge in [-0.3, -0.25) is 14.4 Å². The number of nitrogens with two attached hydrogens (primary N) is 2. The Labute approximate surface area is 268 Å². The van der Waals surface area contributed by atoms with Crippen molar-refractivity contribution >= 4 is 29.6 Å². The summed E-state index contributed by atoms with van der Waals surface area (Å²) in [5.41, 5.74) is 11.5. The topological polar surface area (TPSA) is 134 Å². The highest BCUT2D eigenvalue weighted by molar-refractivity contribution is 7.99. The van der Waals surface area contributed by atoms with Crippen molar-refractivity contribution in [2.24, 2.45) is 11.5 Å². The Kier molecular flexibility index (Phi) is 31.1. The van der Waals surface area contributed by atoms with Crippen molar-refractivity contribution < 1.29 is 23.9 Å². The van der Waals surface area contributed by atoms with E-state index in [9.17, 15) is 14.4 Å². The van der Waals surface area contributed by atoms with Gasteiger partial charge in [0.1, 0.15) is 12.7 Å². The van der Waals surface area contributed by atoms with Crippen LogP contribution in [0.4, 0.5) is 0 Å². The molecule has 0 radical (unpaired) electrons. The van der Waals surface area contributed by atoms with Crippen LogP contribution in [0.15, 0.2) is 0 Å². The van der Waals surface area contributed by atoms with Gasteiger partial charge in [0.05, 0.1) is 6.04 Å². The number of hydrogen-bond donors (Lipinski definition) is 3. The van der Waals surface area contributed by atoms with Crippen molar-refractivity contribution in [2.75, 3.05) is 31.2 Å². The highest BCUT2D eigenvalue weighted by atomic mass is 32.2. The predicted molar refractivity (Wildman–Crippen MR) is 181 cm³/mol. The molecule has 0 aliphatic rings. The number of unbranched alkanes of at least 4 members (excludes halogenated alkanes) is 17. The molecular formula is C34H67N3O5S. The van der Waals surface area contributed by atoms with Crippen molar-refractivity contribution in [1.29, 1.82) is 0 Å². The van der Waals surface area contributed by atoms with Crippen molar-refractivity contribution in [3.63, 3.8) is 0 Å². The molecule has 0 aliphatic heterocycles. The lowest BCUT2D eigenvalue weighted by Crippen LogP contribution is -2.43. The van der Waals surface area contributed by atoms with E-state index in [0.717, 1.165) is 51.4 Å². The van der Waals surface area contributed by atoms with Crippen molar-refractivity contribution in [3.05, 3.63) is 0 Å². The lowest BCUT2D eigenvalue weighted by molar-refractivity contribution is -0.157. The first-order chi connectivity index (χ1) is 20.9. The molecule has 0 unspecified atom stereocenters. The summed E-state index contributed by atoms with van der Waals surface area (Å²) in [6, 6.07) is -0.657. The molecule has 9 heteroatoms. The standard InChI is InChI=1S/C34H67N3O5S/c1-3-5-7-9-11-13-15-17-19-23-32(38)41-27-30(28-43-29-31(36)34(40)37-26-22-21-25-35)42-33(39)24-20-18-16-14-12-10-8-6-4-2/h30-31H,3-29,35-36H2,1-2H3,(H,37,40)/t30-,31+/m1/s1. The van der Waals surface area contributed by atoms with Gasteiger partial charge in [-0.1, -0.05) is 117 Å². The van der Waals surface area contributed by atoms with Crippen LogP contribution in [0.25, 0.3) is 0 Å². The van der Waals surface area contributed by atoms with E-state index in [2.05, 4.69) is 19.2 Å². The number of ether oxygens (including phenoxy) is 2. The van der Waals surface area contributed by atoms with Crippen LogP contribution in [0.1, 0.15) is 155 Å². The van der Waals surface area contributed by atoms with Crippen LogP contribution in [-0.2, 0) is 23.9 Å². The first-order valence-electron chi connectivity index (χ1n) is 17.6. The van der Waals surface area contributed by atoms with Gasteiger partial charge in [-0.15, -0.1) is 0 Å². The van der Waals surface area contributed by atoms with E-state index < -0.39 is 12.1 Å². The molecule has 0 bridgehead atoms. The normalized spacial score (nSPS) is 12.6. The van der Waals surface area contributed by atoms with Crippen molar-refractivity contribution in [2.45, 2.75) is 167 Å². The summed E-state index contributed by atoms with van der Waals surface area (Å²) in [6.45, 7) is 5.65. The summed E-state index contributed by atoms with van der Waals surface area (Å²) in [4.78, 5) is 37.2. The number of amides is 1. The molecule has 0 heterocycles. The van der Waals surface area contributed by atoms with E-state index in [-0.39, 0.29) is 24.5 Å². The molecule has 0 aromatic carbocycles. The van der Waals surface area contributed by atoms with Crippen LogP contribution in [0.5, 0.6) is 0 Å². The molecule has 0 aliphatic carbocycles. The van der Waals surface area contributed by atoms with Crippen LogP contribution in [0.2, 0.25) is 0 Å². The summed E-state index contributed by atoms with van der Waals surface area (Å²) in [5.74, 6) is 0.104. The highest BCUT2D eigenvalue weighted by Crippen LogP contribution is 2.14. The fourth-order valence-corrected chi connectivity index (χ4v) is 5.76. The second-order valence-electron chi connectivity index (χ2n) is 11.9. The molecule has 5 N–H and O–H groups in total. The molecule has 1 amide bonds. The maximum atomic E-state index is 12.6. The van der Waals surface area contributed by atoms with Crippen LogP contribution in [-0.4, -0.2) is 61.2 Å². The van der Waals surface area contributed by atoms with Gasteiger partial charge in [-0.05, 0) is 32.2 Å². The minimum absolute atomic E-state index is 0.0350. The van der Waals surface area contributed by atoms with Gasteiger partial charge in [0.25, 0.3) is 0 Å². The summed E-state index contributed by atoms with van der Waals surface area (Å²) in [5, 5.41) is 2.83. The maximum Gasteiger partial charge on any atom is 0.306 e. The first kappa shape index (κ1) is 41.7. The lowest BCUT2D eigenvalue weighted by Gasteiger charge is -2.19. The molecule has 0 rings (SSSR count). The highest BCUT2D eigenvalue weighted by Gasteiger charge is 2.19. The molecule has 0 saturated carbocycles. The molecule has 0 fully saturated rings. The predicted octanol–water partition coefficient (Wildman–Crippen LogP) is 7.20. The third-order valence-corrected chi connectivity index (χ3v) is 8.77. The van der Waals surface area contributed by atoms with E-state index in [0.29, 0.717) is 37.4 Å².